The van der Waals surface area contributed by atoms with Crippen LogP contribution in [0.25, 0.3) is 0 Å². The average Bonchev–Trinajstić information content (AvgIpc) is 2.87. The van der Waals surface area contributed by atoms with Crippen LogP contribution in [0.1, 0.15) is 44.5 Å². The molecule has 1 aliphatic carbocycles. The average molecular weight is 194 g/mol. The van der Waals surface area contributed by atoms with Crippen molar-refractivity contribution in [1.82, 2.24) is 20.5 Å². The topological polar surface area (TPSA) is 53.6 Å². The van der Waals surface area contributed by atoms with E-state index in [1.165, 1.54) is 25.7 Å². The molecule has 1 unspecified atom stereocenters. The van der Waals surface area contributed by atoms with Gasteiger partial charge in [0.15, 0.2) is 0 Å². The van der Waals surface area contributed by atoms with Crippen LogP contribution in [0.4, 0.5) is 0 Å². The van der Waals surface area contributed by atoms with E-state index in [0.717, 1.165) is 18.3 Å². The van der Waals surface area contributed by atoms with E-state index in [1.54, 1.807) is 6.33 Å². The van der Waals surface area contributed by atoms with Crippen molar-refractivity contribution < 1.29 is 0 Å². The number of nitrogens with one attached hydrogen (secondary N) is 2. The van der Waals surface area contributed by atoms with Crippen molar-refractivity contribution in [2.45, 2.75) is 38.6 Å². The molecular formula is C10H18N4. The van der Waals surface area contributed by atoms with Gasteiger partial charge in [0.05, 0.1) is 6.04 Å². The molecule has 4 heteroatoms. The number of H-pyrrole nitrogens is 1. The highest BCUT2D eigenvalue weighted by Crippen LogP contribution is 2.24. The first-order valence-electron chi connectivity index (χ1n) is 5.45. The summed E-state index contributed by atoms with van der Waals surface area (Å²) in [5, 5.41) is 10.2. The van der Waals surface area contributed by atoms with E-state index in [-0.39, 0.29) is 6.04 Å². The maximum absolute atomic E-state index is 4.13. The molecule has 1 aromatic rings. The zero-order chi connectivity index (χ0) is 9.80. The van der Waals surface area contributed by atoms with Gasteiger partial charge in [-0.15, -0.1) is 0 Å². The van der Waals surface area contributed by atoms with Gasteiger partial charge in [-0.3, -0.25) is 5.10 Å². The third kappa shape index (κ3) is 2.32. The number of hydrogen-bond acceptors (Lipinski definition) is 3. The van der Waals surface area contributed by atoms with Crippen LogP contribution in [0.5, 0.6) is 0 Å². The van der Waals surface area contributed by atoms with Crippen molar-refractivity contribution in [2.75, 3.05) is 6.54 Å². The molecule has 0 radical (unpaired) electrons. The standard InChI is InChI=1S/C10H18N4/c1-8(10-12-7-13-14-10)11-6-9-4-2-3-5-9/h7-9,11H,2-6H2,1H3,(H,12,13,14). The summed E-state index contributed by atoms with van der Waals surface area (Å²) in [5.41, 5.74) is 0. The maximum Gasteiger partial charge on any atom is 0.141 e. The minimum atomic E-state index is 0.290. The van der Waals surface area contributed by atoms with E-state index < -0.39 is 0 Å². The molecule has 1 atom stereocenters. The largest absolute Gasteiger partial charge is 0.307 e. The molecule has 4 nitrogen and oxygen atoms in total. The molecule has 1 saturated carbocycles. The lowest BCUT2D eigenvalue weighted by Gasteiger charge is -2.14. The SMILES string of the molecule is CC(NCC1CCCC1)c1ncn[nH]1. The van der Waals surface area contributed by atoms with Gasteiger partial charge < -0.3 is 5.32 Å². The second kappa shape index (κ2) is 4.55. The Morgan fingerprint density at radius 2 is 2.36 bits per heavy atom. The second-order valence-electron chi connectivity index (χ2n) is 4.15. The molecule has 2 N–H and O–H groups in total. The van der Waals surface area contributed by atoms with Gasteiger partial charge in [0.25, 0.3) is 0 Å². The Bertz CT molecular complexity index is 251. The third-order valence-corrected chi connectivity index (χ3v) is 3.03. The summed E-state index contributed by atoms with van der Waals surface area (Å²) in [6.45, 7) is 3.23. The lowest BCUT2D eigenvalue weighted by Crippen LogP contribution is -2.25. The van der Waals surface area contributed by atoms with Gasteiger partial charge >= 0.3 is 0 Å². The van der Waals surface area contributed by atoms with Crippen molar-refractivity contribution in [3.63, 3.8) is 0 Å². The van der Waals surface area contributed by atoms with Gasteiger partial charge in [-0.2, -0.15) is 5.10 Å². The zero-order valence-electron chi connectivity index (χ0n) is 8.66. The van der Waals surface area contributed by atoms with Crippen LogP contribution >= 0.6 is 0 Å². The Morgan fingerprint density at radius 3 is 3.00 bits per heavy atom. The number of aromatic nitrogens is 3. The summed E-state index contributed by atoms with van der Waals surface area (Å²) in [5.74, 6) is 1.81. The summed E-state index contributed by atoms with van der Waals surface area (Å²) < 4.78 is 0. The van der Waals surface area contributed by atoms with E-state index in [1.807, 2.05) is 0 Å². The number of hydrogen-bond donors (Lipinski definition) is 2. The molecule has 1 heterocycles. The Labute approximate surface area is 84.5 Å². The first-order valence-corrected chi connectivity index (χ1v) is 5.45. The third-order valence-electron chi connectivity index (χ3n) is 3.03. The second-order valence-corrected chi connectivity index (χ2v) is 4.15. The van der Waals surface area contributed by atoms with Gasteiger partial charge in [0, 0.05) is 0 Å². The lowest BCUT2D eigenvalue weighted by atomic mass is 10.1. The van der Waals surface area contributed by atoms with Crippen LogP contribution in [0.3, 0.4) is 0 Å². The van der Waals surface area contributed by atoms with Crippen LogP contribution in [-0.4, -0.2) is 21.7 Å². The quantitative estimate of drug-likeness (QED) is 0.766. The van der Waals surface area contributed by atoms with Gasteiger partial charge in [-0.25, -0.2) is 4.98 Å². The van der Waals surface area contributed by atoms with Gasteiger partial charge in [0.1, 0.15) is 12.2 Å². The van der Waals surface area contributed by atoms with Crippen LogP contribution in [-0.2, 0) is 0 Å². The summed E-state index contributed by atoms with van der Waals surface area (Å²) in [7, 11) is 0. The molecule has 1 aliphatic rings. The zero-order valence-corrected chi connectivity index (χ0v) is 8.66. The Balaban J connectivity index is 1.74. The van der Waals surface area contributed by atoms with E-state index in [4.69, 9.17) is 0 Å². The molecule has 0 amide bonds. The van der Waals surface area contributed by atoms with Crippen LogP contribution in [0, 0.1) is 5.92 Å². The first kappa shape index (κ1) is 9.65. The predicted molar refractivity (Wildman–Crippen MR) is 54.8 cm³/mol. The molecule has 0 bridgehead atoms. The molecule has 2 rings (SSSR count). The molecule has 1 fully saturated rings. The van der Waals surface area contributed by atoms with Crippen molar-refractivity contribution >= 4 is 0 Å². The molecule has 0 saturated heterocycles. The molecular weight excluding hydrogens is 176 g/mol. The smallest absolute Gasteiger partial charge is 0.141 e. The lowest BCUT2D eigenvalue weighted by molar-refractivity contribution is 0.443. The highest BCUT2D eigenvalue weighted by molar-refractivity contribution is 4.88. The van der Waals surface area contributed by atoms with Crippen LogP contribution < -0.4 is 5.32 Å². The highest BCUT2D eigenvalue weighted by atomic mass is 15.2. The fourth-order valence-electron chi connectivity index (χ4n) is 2.08. The number of aromatic amines is 1. The Morgan fingerprint density at radius 1 is 1.57 bits per heavy atom. The van der Waals surface area contributed by atoms with E-state index in [0.29, 0.717) is 0 Å². The summed E-state index contributed by atoms with van der Waals surface area (Å²) in [4.78, 5) is 4.13. The van der Waals surface area contributed by atoms with Crippen molar-refractivity contribution in [3.05, 3.63) is 12.2 Å². The summed E-state index contributed by atoms with van der Waals surface area (Å²) in [6, 6.07) is 0.290. The van der Waals surface area contributed by atoms with Crippen molar-refractivity contribution in [3.8, 4) is 0 Å². The summed E-state index contributed by atoms with van der Waals surface area (Å²) >= 11 is 0. The minimum absolute atomic E-state index is 0.290. The van der Waals surface area contributed by atoms with Crippen molar-refractivity contribution in [2.24, 2.45) is 5.92 Å². The van der Waals surface area contributed by atoms with E-state index in [9.17, 15) is 0 Å². The Kier molecular flexibility index (Phi) is 3.14. The Hall–Kier alpha value is -0.900. The van der Waals surface area contributed by atoms with Gasteiger partial charge in [-0.05, 0) is 32.2 Å². The summed E-state index contributed by atoms with van der Waals surface area (Å²) in [6.07, 6.45) is 7.14. The molecule has 78 valence electrons. The van der Waals surface area contributed by atoms with Crippen LogP contribution in [0.2, 0.25) is 0 Å². The van der Waals surface area contributed by atoms with Gasteiger partial charge in [-0.1, -0.05) is 12.8 Å². The number of nitrogens with zero attached hydrogens (tertiary/aromatic N) is 2. The molecule has 0 spiro atoms. The first-order chi connectivity index (χ1) is 6.86. The van der Waals surface area contributed by atoms with E-state index in [2.05, 4.69) is 27.4 Å². The highest BCUT2D eigenvalue weighted by Gasteiger charge is 2.16. The fraction of sp³-hybridized carbons (Fsp3) is 0.800. The maximum atomic E-state index is 4.13. The predicted octanol–water partition coefficient (Wildman–Crippen LogP) is 1.65. The monoisotopic (exact) mass is 194 g/mol. The van der Waals surface area contributed by atoms with Crippen LogP contribution in [0.15, 0.2) is 6.33 Å². The molecule has 0 aliphatic heterocycles. The van der Waals surface area contributed by atoms with Crippen molar-refractivity contribution in [1.29, 1.82) is 0 Å². The molecule has 0 aromatic carbocycles. The normalized spacial score (nSPS) is 20.1. The number of rotatable bonds is 4. The van der Waals surface area contributed by atoms with Gasteiger partial charge in [0.2, 0.25) is 0 Å². The molecule has 1 aromatic heterocycles. The fourth-order valence-corrected chi connectivity index (χ4v) is 2.08. The van der Waals surface area contributed by atoms with E-state index >= 15 is 0 Å². The minimum Gasteiger partial charge on any atom is -0.307 e. The molecule has 14 heavy (non-hydrogen) atoms.